The van der Waals surface area contributed by atoms with E-state index in [9.17, 15) is 20.0 Å². The number of fused-ring (bicyclic) bond motifs is 1. The molecule has 2 aliphatic heterocycles. The number of hydrogen-bond acceptors (Lipinski definition) is 6. The number of hydrogen-bond donors (Lipinski definition) is 3. The maximum absolute atomic E-state index is 13.2. The van der Waals surface area contributed by atoms with Crippen LogP contribution in [0.15, 0.2) is 33.7 Å². The average molecular weight is 467 g/mol. The minimum atomic E-state index is -0.720. The Bertz CT molecular complexity index is 1110. The number of furan rings is 1. The fraction of sp³-hybridized carbons (Fsp3) is 0.500. The average Bonchev–Trinajstić information content (AvgIpc) is 3.46. The number of carbonyl (C=O) groups excluding carboxylic acids is 2. The highest BCUT2D eigenvalue weighted by Gasteiger charge is 2.30. The van der Waals surface area contributed by atoms with Crippen LogP contribution in [-0.4, -0.2) is 64.9 Å². The summed E-state index contributed by atoms with van der Waals surface area (Å²) in [6.45, 7) is 3.73. The predicted octanol–water partition coefficient (Wildman–Crippen LogP) is 2.33. The first-order valence-electron chi connectivity index (χ1n) is 11.7. The van der Waals surface area contributed by atoms with Crippen LogP contribution in [0, 0.1) is 11.5 Å². The van der Waals surface area contributed by atoms with Crippen molar-refractivity contribution in [3.05, 3.63) is 30.0 Å². The third-order valence-corrected chi connectivity index (χ3v) is 6.21. The molecule has 2 fully saturated rings. The molecule has 0 spiro atoms. The largest absolute Gasteiger partial charge is 0.458 e. The summed E-state index contributed by atoms with van der Waals surface area (Å²) in [4.78, 5) is 33.7. The van der Waals surface area contributed by atoms with Crippen LogP contribution in [0.3, 0.4) is 0 Å². The molecule has 2 aliphatic rings. The van der Waals surface area contributed by atoms with Crippen LogP contribution in [0.5, 0.6) is 0 Å². The zero-order valence-corrected chi connectivity index (χ0v) is 19.3. The lowest BCUT2D eigenvalue weighted by Crippen LogP contribution is -2.45. The van der Waals surface area contributed by atoms with Crippen LogP contribution in [0.1, 0.15) is 50.9 Å². The number of nitriles is 1. The van der Waals surface area contributed by atoms with E-state index in [0.717, 1.165) is 44.2 Å². The zero-order chi connectivity index (χ0) is 24.1. The Morgan fingerprint density at radius 2 is 2.03 bits per heavy atom. The van der Waals surface area contributed by atoms with Crippen molar-refractivity contribution in [2.24, 2.45) is 4.99 Å². The van der Waals surface area contributed by atoms with Crippen molar-refractivity contribution in [3.8, 4) is 6.19 Å². The molecule has 180 valence electrons. The topological polar surface area (TPSA) is 134 Å². The van der Waals surface area contributed by atoms with Gasteiger partial charge in [-0.1, -0.05) is 0 Å². The van der Waals surface area contributed by atoms with Gasteiger partial charge in [0.25, 0.3) is 0 Å². The molecule has 0 aliphatic carbocycles. The summed E-state index contributed by atoms with van der Waals surface area (Å²) in [6.07, 6.45) is 5.31. The van der Waals surface area contributed by atoms with Crippen LogP contribution in [0.4, 0.5) is 5.69 Å². The molecule has 3 heterocycles. The summed E-state index contributed by atoms with van der Waals surface area (Å²) in [5.41, 5.74) is 1.28. The molecule has 4 rings (SSSR count). The number of nitrogens with one attached hydrogen (secondary N) is 2. The van der Waals surface area contributed by atoms with E-state index in [-0.39, 0.29) is 24.3 Å². The number of rotatable bonds is 5. The molecule has 0 saturated carbocycles. The van der Waals surface area contributed by atoms with Gasteiger partial charge in [0.05, 0.1) is 6.54 Å². The monoisotopic (exact) mass is 466 g/mol. The number of amides is 2. The van der Waals surface area contributed by atoms with Crippen molar-refractivity contribution < 1.29 is 19.1 Å². The summed E-state index contributed by atoms with van der Waals surface area (Å²) in [7, 11) is 0. The minimum absolute atomic E-state index is 0.0195. The molecule has 10 heteroatoms. The molecule has 0 bridgehead atoms. The van der Waals surface area contributed by atoms with Crippen LogP contribution in [0.25, 0.3) is 11.0 Å². The van der Waals surface area contributed by atoms with Gasteiger partial charge >= 0.3 is 0 Å². The van der Waals surface area contributed by atoms with E-state index in [1.807, 2.05) is 17.2 Å². The van der Waals surface area contributed by atoms with E-state index in [2.05, 4.69) is 15.6 Å². The number of aliphatic imine (C=N–C) groups is 1. The number of carbonyl (C=O) groups is 2. The molecule has 2 saturated heterocycles. The SMILES string of the molecule is CC(O)c1cc2cc(NC(=NC3CCCCN(CC(=O)N4CCCC4)C3=O)NC#N)ccc2o1. The van der Waals surface area contributed by atoms with Gasteiger partial charge in [-0.05, 0) is 63.3 Å². The molecule has 2 aromatic rings. The zero-order valence-electron chi connectivity index (χ0n) is 19.3. The second-order valence-electron chi connectivity index (χ2n) is 8.78. The molecule has 34 heavy (non-hydrogen) atoms. The Morgan fingerprint density at radius 1 is 1.26 bits per heavy atom. The number of aliphatic hydroxyl groups excluding tert-OH is 1. The Kier molecular flexibility index (Phi) is 7.33. The van der Waals surface area contributed by atoms with Crippen molar-refractivity contribution in [3.63, 3.8) is 0 Å². The van der Waals surface area contributed by atoms with Gasteiger partial charge in [0, 0.05) is 30.7 Å². The summed E-state index contributed by atoms with van der Waals surface area (Å²) >= 11 is 0. The van der Waals surface area contributed by atoms with Crippen molar-refractivity contribution in [2.75, 3.05) is 31.5 Å². The van der Waals surface area contributed by atoms with E-state index in [4.69, 9.17) is 4.42 Å². The molecule has 0 radical (unpaired) electrons. The number of nitrogens with zero attached hydrogens (tertiary/aromatic N) is 4. The van der Waals surface area contributed by atoms with Crippen LogP contribution in [0.2, 0.25) is 0 Å². The molecule has 2 unspecified atom stereocenters. The van der Waals surface area contributed by atoms with Gasteiger partial charge in [-0.3, -0.25) is 14.9 Å². The Hall–Kier alpha value is -3.58. The fourth-order valence-electron chi connectivity index (χ4n) is 4.38. The number of aliphatic hydroxyl groups is 1. The van der Waals surface area contributed by atoms with Crippen LogP contribution in [-0.2, 0) is 9.59 Å². The minimum Gasteiger partial charge on any atom is -0.458 e. The summed E-state index contributed by atoms with van der Waals surface area (Å²) in [6, 6.07) is 6.41. The highest BCUT2D eigenvalue weighted by atomic mass is 16.4. The first-order valence-corrected chi connectivity index (χ1v) is 11.7. The second-order valence-corrected chi connectivity index (χ2v) is 8.78. The first-order chi connectivity index (χ1) is 16.4. The molecular weight excluding hydrogens is 436 g/mol. The summed E-state index contributed by atoms with van der Waals surface area (Å²) < 4.78 is 5.61. The van der Waals surface area contributed by atoms with Crippen molar-refractivity contribution in [1.82, 2.24) is 15.1 Å². The lowest BCUT2D eigenvalue weighted by Gasteiger charge is -2.25. The van der Waals surface area contributed by atoms with Gasteiger partial charge in [0.15, 0.2) is 6.19 Å². The van der Waals surface area contributed by atoms with E-state index in [0.29, 0.717) is 30.0 Å². The Morgan fingerprint density at radius 3 is 2.76 bits per heavy atom. The van der Waals surface area contributed by atoms with E-state index in [1.54, 1.807) is 30.0 Å². The third-order valence-electron chi connectivity index (χ3n) is 6.21. The molecular formula is C24H30N6O4. The molecule has 3 N–H and O–H groups in total. The highest BCUT2D eigenvalue weighted by molar-refractivity contribution is 5.98. The quantitative estimate of drug-likeness (QED) is 0.266. The standard InChI is InChI=1S/C24H30N6O4/c1-16(31)21-13-17-12-18(7-8-20(17)34-21)27-24(26-15-25)28-19-6-2-3-11-30(23(19)33)14-22(32)29-9-4-5-10-29/h7-8,12-13,16,19,31H,2-6,9-11,14H2,1H3,(H2,26,27,28). The van der Waals surface area contributed by atoms with Gasteiger partial charge in [-0.25, -0.2) is 4.99 Å². The molecule has 1 aromatic heterocycles. The third kappa shape index (κ3) is 5.48. The molecule has 2 atom stereocenters. The normalized spacial score (nSPS) is 20.2. The smallest absolute Gasteiger partial charge is 0.247 e. The van der Waals surface area contributed by atoms with Crippen molar-refractivity contribution >= 4 is 34.4 Å². The molecule has 2 amide bonds. The van der Waals surface area contributed by atoms with Gasteiger partial charge in [-0.15, -0.1) is 0 Å². The van der Waals surface area contributed by atoms with Gasteiger partial charge in [0.1, 0.15) is 23.5 Å². The lowest BCUT2D eigenvalue weighted by molar-refractivity contribution is -0.140. The van der Waals surface area contributed by atoms with Gasteiger partial charge in [-0.2, -0.15) is 5.26 Å². The summed E-state index contributed by atoms with van der Waals surface area (Å²) in [5, 5.41) is 25.3. The number of guanidine groups is 1. The predicted molar refractivity (Wildman–Crippen MR) is 127 cm³/mol. The van der Waals surface area contributed by atoms with E-state index < -0.39 is 12.1 Å². The lowest BCUT2D eigenvalue weighted by atomic mass is 10.1. The number of likely N-dealkylation sites (tertiary alicyclic amines) is 2. The van der Waals surface area contributed by atoms with E-state index >= 15 is 0 Å². The van der Waals surface area contributed by atoms with Crippen molar-refractivity contribution in [1.29, 1.82) is 5.26 Å². The van der Waals surface area contributed by atoms with E-state index in [1.165, 1.54) is 0 Å². The van der Waals surface area contributed by atoms with Crippen molar-refractivity contribution in [2.45, 2.75) is 51.2 Å². The van der Waals surface area contributed by atoms with Crippen LogP contribution >= 0.6 is 0 Å². The Labute approximate surface area is 198 Å². The number of benzene rings is 1. The van der Waals surface area contributed by atoms with Crippen LogP contribution < -0.4 is 10.6 Å². The summed E-state index contributed by atoms with van der Waals surface area (Å²) in [5.74, 6) is 0.404. The maximum atomic E-state index is 13.2. The highest BCUT2D eigenvalue weighted by Crippen LogP contribution is 2.26. The molecule has 10 nitrogen and oxygen atoms in total. The molecule has 1 aromatic carbocycles. The maximum Gasteiger partial charge on any atom is 0.247 e. The second kappa shape index (κ2) is 10.6. The van der Waals surface area contributed by atoms with Gasteiger partial charge < -0.3 is 24.6 Å². The van der Waals surface area contributed by atoms with Gasteiger partial charge in [0.2, 0.25) is 17.8 Å². The first kappa shape index (κ1) is 23.6. The fourth-order valence-corrected chi connectivity index (χ4v) is 4.38. The Balaban J connectivity index is 1.50. The number of anilines is 1.